The molecular weight excluding hydrogens is 434 g/mol. The Morgan fingerprint density at radius 1 is 0.853 bits per heavy atom. The molecule has 0 fully saturated rings. The van der Waals surface area contributed by atoms with E-state index in [1.807, 2.05) is 6.07 Å². The van der Waals surface area contributed by atoms with Gasteiger partial charge in [0.1, 0.15) is 11.6 Å². The average molecular weight is 465 g/mol. The SMILES string of the molecule is CCc1cccc(CNCCC(Cc2cc(F)cc(F)c2)NC(=O)c2ccc(C(C)=O)cc2)c1. The Hall–Kier alpha value is -3.38. The van der Waals surface area contributed by atoms with Crippen LogP contribution in [0, 0.1) is 11.6 Å². The number of Topliss-reactive ketones (excluding diaryl/α,β-unsaturated/α-hetero) is 1. The number of benzene rings is 3. The van der Waals surface area contributed by atoms with Gasteiger partial charge in [-0.1, -0.05) is 43.3 Å². The van der Waals surface area contributed by atoms with Crippen LogP contribution < -0.4 is 10.6 Å². The van der Waals surface area contributed by atoms with Gasteiger partial charge in [-0.25, -0.2) is 8.78 Å². The number of rotatable bonds is 11. The van der Waals surface area contributed by atoms with Crippen molar-refractivity contribution in [1.29, 1.82) is 0 Å². The lowest BCUT2D eigenvalue weighted by molar-refractivity contribution is 0.0933. The van der Waals surface area contributed by atoms with Gasteiger partial charge in [0.25, 0.3) is 5.91 Å². The van der Waals surface area contributed by atoms with E-state index in [-0.39, 0.29) is 17.7 Å². The molecule has 1 unspecified atom stereocenters. The molecule has 0 heterocycles. The molecule has 1 atom stereocenters. The first-order valence-electron chi connectivity index (χ1n) is 11.5. The zero-order chi connectivity index (χ0) is 24.5. The maximum Gasteiger partial charge on any atom is 0.251 e. The zero-order valence-corrected chi connectivity index (χ0v) is 19.5. The van der Waals surface area contributed by atoms with Crippen LogP contribution in [0.4, 0.5) is 8.78 Å². The molecule has 0 aliphatic heterocycles. The van der Waals surface area contributed by atoms with Crippen LogP contribution in [0.3, 0.4) is 0 Å². The average Bonchev–Trinajstić information content (AvgIpc) is 2.81. The molecule has 2 N–H and O–H groups in total. The van der Waals surface area contributed by atoms with Crippen LogP contribution in [0.15, 0.2) is 66.7 Å². The minimum absolute atomic E-state index is 0.0755. The molecule has 0 saturated heterocycles. The molecule has 3 rings (SSSR count). The second kappa shape index (κ2) is 12.2. The standard InChI is InChI=1S/C28H30F2N2O2/c1-3-20-5-4-6-21(13-20)18-31-12-11-27(16-22-14-25(29)17-26(30)15-22)32-28(34)24-9-7-23(8-10-24)19(2)33/h4-10,13-15,17,27,31H,3,11-12,16,18H2,1-2H3,(H,32,34). The van der Waals surface area contributed by atoms with Gasteiger partial charge in [-0.05, 0) is 73.7 Å². The molecule has 6 heteroatoms. The van der Waals surface area contributed by atoms with E-state index in [9.17, 15) is 18.4 Å². The lowest BCUT2D eigenvalue weighted by Crippen LogP contribution is -2.38. The van der Waals surface area contributed by atoms with Crippen molar-refractivity contribution < 1.29 is 18.4 Å². The summed E-state index contributed by atoms with van der Waals surface area (Å²) in [7, 11) is 0. The highest BCUT2D eigenvalue weighted by atomic mass is 19.1. The van der Waals surface area contributed by atoms with Gasteiger partial charge in [-0.3, -0.25) is 9.59 Å². The van der Waals surface area contributed by atoms with Gasteiger partial charge in [-0.2, -0.15) is 0 Å². The van der Waals surface area contributed by atoms with Crippen molar-refractivity contribution in [1.82, 2.24) is 10.6 Å². The van der Waals surface area contributed by atoms with E-state index in [1.165, 1.54) is 30.2 Å². The van der Waals surface area contributed by atoms with E-state index in [0.29, 0.717) is 42.6 Å². The molecule has 178 valence electrons. The lowest BCUT2D eigenvalue weighted by Gasteiger charge is -2.20. The van der Waals surface area contributed by atoms with Crippen LogP contribution in [0.2, 0.25) is 0 Å². The summed E-state index contributed by atoms with van der Waals surface area (Å²) in [5, 5.41) is 6.37. The van der Waals surface area contributed by atoms with Crippen molar-refractivity contribution in [2.24, 2.45) is 0 Å². The summed E-state index contributed by atoms with van der Waals surface area (Å²) in [5.41, 5.74) is 3.88. The number of aryl methyl sites for hydroxylation is 1. The molecule has 3 aromatic rings. The van der Waals surface area contributed by atoms with E-state index >= 15 is 0 Å². The fourth-order valence-electron chi connectivity index (χ4n) is 3.83. The second-order valence-corrected chi connectivity index (χ2v) is 8.42. The number of amides is 1. The molecule has 34 heavy (non-hydrogen) atoms. The summed E-state index contributed by atoms with van der Waals surface area (Å²) in [4.78, 5) is 24.3. The van der Waals surface area contributed by atoms with Gasteiger partial charge < -0.3 is 10.6 Å². The fourth-order valence-corrected chi connectivity index (χ4v) is 3.83. The van der Waals surface area contributed by atoms with Crippen LogP contribution in [-0.2, 0) is 19.4 Å². The van der Waals surface area contributed by atoms with Gasteiger partial charge in [0.15, 0.2) is 5.78 Å². The highest BCUT2D eigenvalue weighted by molar-refractivity contribution is 5.97. The first-order valence-corrected chi connectivity index (χ1v) is 11.5. The monoisotopic (exact) mass is 464 g/mol. The molecule has 0 spiro atoms. The van der Waals surface area contributed by atoms with E-state index in [1.54, 1.807) is 24.3 Å². The van der Waals surface area contributed by atoms with Gasteiger partial charge >= 0.3 is 0 Å². The molecule has 0 radical (unpaired) electrons. The molecule has 0 aliphatic rings. The predicted molar refractivity (Wildman–Crippen MR) is 130 cm³/mol. The lowest BCUT2D eigenvalue weighted by atomic mass is 10.0. The van der Waals surface area contributed by atoms with Crippen molar-refractivity contribution in [2.45, 2.75) is 45.7 Å². The van der Waals surface area contributed by atoms with Crippen LogP contribution in [0.1, 0.15) is 57.7 Å². The predicted octanol–water partition coefficient (Wildman–Crippen LogP) is 5.25. The normalized spacial score (nSPS) is 11.8. The largest absolute Gasteiger partial charge is 0.349 e. The molecule has 0 aliphatic carbocycles. The first-order chi connectivity index (χ1) is 16.3. The number of hydrogen-bond donors (Lipinski definition) is 2. The molecule has 0 saturated carbocycles. The van der Waals surface area contributed by atoms with E-state index in [0.717, 1.165) is 12.5 Å². The fraction of sp³-hybridized carbons (Fsp3) is 0.286. The molecule has 0 bridgehead atoms. The van der Waals surface area contributed by atoms with Crippen LogP contribution in [0.5, 0.6) is 0 Å². The number of ketones is 1. The van der Waals surface area contributed by atoms with Crippen molar-refractivity contribution in [3.63, 3.8) is 0 Å². The summed E-state index contributed by atoms with van der Waals surface area (Å²) in [6, 6.07) is 17.8. The maximum atomic E-state index is 13.7. The minimum Gasteiger partial charge on any atom is -0.349 e. The summed E-state index contributed by atoms with van der Waals surface area (Å²) in [6.45, 7) is 4.88. The van der Waals surface area contributed by atoms with Crippen molar-refractivity contribution in [3.8, 4) is 0 Å². The Morgan fingerprint density at radius 3 is 2.15 bits per heavy atom. The number of carbonyl (C=O) groups is 2. The molecular formula is C28H30F2N2O2. The summed E-state index contributed by atoms with van der Waals surface area (Å²) in [5.74, 6) is -1.66. The smallest absolute Gasteiger partial charge is 0.251 e. The third-order valence-corrected chi connectivity index (χ3v) is 5.69. The van der Waals surface area contributed by atoms with Gasteiger partial charge in [-0.15, -0.1) is 0 Å². The molecule has 0 aromatic heterocycles. The Morgan fingerprint density at radius 2 is 1.50 bits per heavy atom. The van der Waals surface area contributed by atoms with Crippen LogP contribution >= 0.6 is 0 Å². The van der Waals surface area contributed by atoms with E-state index < -0.39 is 11.6 Å². The Balaban J connectivity index is 1.65. The van der Waals surface area contributed by atoms with Gasteiger partial charge in [0, 0.05) is 29.8 Å². The minimum atomic E-state index is -0.645. The van der Waals surface area contributed by atoms with E-state index in [4.69, 9.17) is 0 Å². The molecule has 4 nitrogen and oxygen atoms in total. The Kier molecular flexibility index (Phi) is 9.05. The highest BCUT2D eigenvalue weighted by Gasteiger charge is 2.16. The first kappa shape index (κ1) is 25.2. The summed E-state index contributed by atoms with van der Waals surface area (Å²) >= 11 is 0. The van der Waals surface area contributed by atoms with Crippen molar-refractivity contribution >= 4 is 11.7 Å². The Bertz CT molecular complexity index is 1110. The van der Waals surface area contributed by atoms with Crippen LogP contribution in [-0.4, -0.2) is 24.3 Å². The number of halogens is 2. The number of hydrogen-bond acceptors (Lipinski definition) is 3. The van der Waals surface area contributed by atoms with Crippen molar-refractivity contribution in [2.75, 3.05) is 6.54 Å². The number of carbonyl (C=O) groups excluding carboxylic acids is 2. The number of nitrogens with one attached hydrogen (secondary N) is 2. The maximum absolute atomic E-state index is 13.7. The van der Waals surface area contributed by atoms with E-state index in [2.05, 4.69) is 35.8 Å². The Labute approximate surface area is 199 Å². The van der Waals surface area contributed by atoms with Crippen LogP contribution in [0.25, 0.3) is 0 Å². The highest BCUT2D eigenvalue weighted by Crippen LogP contribution is 2.13. The summed E-state index contributed by atoms with van der Waals surface area (Å²) in [6.07, 6.45) is 1.83. The second-order valence-electron chi connectivity index (χ2n) is 8.42. The van der Waals surface area contributed by atoms with Crippen molar-refractivity contribution in [3.05, 3.63) is 106 Å². The zero-order valence-electron chi connectivity index (χ0n) is 19.5. The third kappa shape index (κ3) is 7.59. The van der Waals surface area contributed by atoms with Gasteiger partial charge in [0.2, 0.25) is 0 Å². The molecule has 3 aromatic carbocycles. The summed E-state index contributed by atoms with van der Waals surface area (Å²) < 4.78 is 27.4. The molecule has 1 amide bonds. The quantitative estimate of drug-likeness (QED) is 0.301. The topological polar surface area (TPSA) is 58.2 Å². The van der Waals surface area contributed by atoms with Gasteiger partial charge in [0.05, 0.1) is 0 Å². The third-order valence-electron chi connectivity index (χ3n) is 5.69.